The first-order valence-electron chi connectivity index (χ1n) is 9.70. The van der Waals surface area contributed by atoms with Crippen molar-refractivity contribution < 1.29 is 27.2 Å². The summed E-state index contributed by atoms with van der Waals surface area (Å²) in [6, 6.07) is 18.6. The Morgan fingerprint density at radius 3 is 2.41 bits per heavy atom. The zero-order valence-electron chi connectivity index (χ0n) is 17.1. The van der Waals surface area contributed by atoms with E-state index in [0.717, 1.165) is 5.56 Å². The molecule has 0 atom stereocenters. The molecule has 0 unspecified atom stereocenters. The van der Waals surface area contributed by atoms with Crippen LogP contribution in [0.25, 0.3) is 6.08 Å². The zero-order valence-corrected chi connectivity index (χ0v) is 17.9. The molecule has 0 bridgehead atoms. The van der Waals surface area contributed by atoms with Gasteiger partial charge < -0.3 is 14.5 Å². The molecular weight excluding hydrogens is 432 g/mol. The van der Waals surface area contributed by atoms with E-state index in [-0.39, 0.29) is 24.6 Å². The fourth-order valence-electron chi connectivity index (χ4n) is 2.60. The minimum atomic E-state index is -3.69. The third-order valence-electron chi connectivity index (χ3n) is 4.28. The largest absolute Gasteiger partial charge is 0.468 e. The van der Waals surface area contributed by atoms with Crippen molar-refractivity contribution in [3.8, 4) is 0 Å². The molecule has 9 heteroatoms. The van der Waals surface area contributed by atoms with Crippen LogP contribution in [0.3, 0.4) is 0 Å². The van der Waals surface area contributed by atoms with E-state index < -0.39 is 21.9 Å². The van der Waals surface area contributed by atoms with Crippen molar-refractivity contribution in [1.29, 1.82) is 0 Å². The van der Waals surface area contributed by atoms with Gasteiger partial charge in [-0.25, -0.2) is 13.1 Å². The predicted octanol–water partition coefficient (Wildman–Crippen LogP) is 2.63. The van der Waals surface area contributed by atoms with E-state index in [9.17, 15) is 18.0 Å². The van der Waals surface area contributed by atoms with Gasteiger partial charge in [0.25, 0.3) is 0 Å². The van der Waals surface area contributed by atoms with Gasteiger partial charge in [0.2, 0.25) is 15.9 Å². The van der Waals surface area contributed by atoms with Crippen molar-refractivity contribution in [3.63, 3.8) is 0 Å². The molecule has 0 aliphatic heterocycles. The highest BCUT2D eigenvalue weighted by atomic mass is 32.2. The van der Waals surface area contributed by atoms with Crippen molar-refractivity contribution in [3.05, 3.63) is 96.0 Å². The predicted molar refractivity (Wildman–Crippen MR) is 117 cm³/mol. The third-order valence-corrected chi connectivity index (χ3v) is 5.70. The minimum absolute atomic E-state index is 0.0466. The zero-order chi connectivity index (χ0) is 22.8. The van der Waals surface area contributed by atoms with Crippen LogP contribution in [0.5, 0.6) is 0 Å². The smallest absolute Gasteiger partial charge is 0.325 e. The molecule has 166 valence electrons. The van der Waals surface area contributed by atoms with Crippen LogP contribution in [0, 0.1) is 0 Å². The number of carbonyl (C=O) groups is 2. The summed E-state index contributed by atoms with van der Waals surface area (Å²) in [5.74, 6) is -0.520. The molecule has 0 saturated carbocycles. The lowest BCUT2D eigenvalue weighted by molar-refractivity contribution is -0.144. The van der Waals surface area contributed by atoms with Crippen LogP contribution >= 0.6 is 0 Å². The number of rotatable bonds is 10. The quantitative estimate of drug-likeness (QED) is 0.360. The molecule has 0 saturated heterocycles. The highest BCUT2D eigenvalue weighted by Gasteiger charge is 2.14. The maximum absolute atomic E-state index is 12.3. The second-order valence-electron chi connectivity index (χ2n) is 6.67. The summed E-state index contributed by atoms with van der Waals surface area (Å²) in [5, 5.41) is 2.44. The van der Waals surface area contributed by atoms with Crippen molar-refractivity contribution in [1.82, 2.24) is 10.0 Å². The number of esters is 1. The molecule has 3 aromatic rings. The van der Waals surface area contributed by atoms with Crippen LogP contribution in [-0.4, -0.2) is 26.8 Å². The van der Waals surface area contributed by atoms with Gasteiger partial charge in [0.15, 0.2) is 0 Å². The number of nitrogens with one attached hydrogen (secondary N) is 2. The van der Waals surface area contributed by atoms with Gasteiger partial charge in [0, 0.05) is 6.08 Å². The molecule has 0 aliphatic rings. The van der Waals surface area contributed by atoms with Crippen molar-refractivity contribution in [2.24, 2.45) is 0 Å². The molecule has 1 heterocycles. The summed E-state index contributed by atoms with van der Waals surface area (Å²) in [6.45, 7) is -0.0729. The second-order valence-corrected chi connectivity index (χ2v) is 8.44. The maximum atomic E-state index is 12.3. The summed E-state index contributed by atoms with van der Waals surface area (Å²) < 4.78 is 37.3. The van der Waals surface area contributed by atoms with E-state index in [1.807, 2.05) is 30.3 Å². The van der Waals surface area contributed by atoms with Crippen LogP contribution < -0.4 is 10.0 Å². The Morgan fingerprint density at radius 1 is 0.969 bits per heavy atom. The van der Waals surface area contributed by atoms with Gasteiger partial charge >= 0.3 is 5.97 Å². The van der Waals surface area contributed by atoms with E-state index >= 15 is 0 Å². The van der Waals surface area contributed by atoms with E-state index in [4.69, 9.17) is 9.15 Å². The van der Waals surface area contributed by atoms with Gasteiger partial charge in [0.05, 0.1) is 17.7 Å². The van der Waals surface area contributed by atoms with Gasteiger partial charge in [-0.2, -0.15) is 0 Å². The minimum Gasteiger partial charge on any atom is -0.468 e. The van der Waals surface area contributed by atoms with Crippen LogP contribution in [0.2, 0.25) is 0 Å². The van der Waals surface area contributed by atoms with Crippen molar-refractivity contribution in [2.75, 3.05) is 6.54 Å². The Hall–Kier alpha value is -3.69. The molecule has 8 nitrogen and oxygen atoms in total. The highest BCUT2D eigenvalue weighted by Crippen LogP contribution is 2.12. The highest BCUT2D eigenvalue weighted by molar-refractivity contribution is 7.89. The SMILES string of the molecule is O=C(/C=C/c1ccc(S(=O)(=O)NCc2ccco2)cc1)NCC(=O)OCc1ccccc1. The number of sulfonamides is 1. The van der Waals surface area contributed by atoms with Gasteiger partial charge in [-0.15, -0.1) is 0 Å². The van der Waals surface area contributed by atoms with Gasteiger partial charge in [-0.3, -0.25) is 9.59 Å². The van der Waals surface area contributed by atoms with E-state index in [2.05, 4.69) is 10.0 Å². The van der Waals surface area contributed by atoms with E-state index in [0.29, 0.717) is 11.3 Å². The molecular formula is C23H22N2O6S. The lowest BCUT2D eigenvalue weighted by Crippen LogP contribution is -2.29. The Kier molecular flexibility index (Phi) is 7.96. The molecule has 3 rings (SSSR count). The fraction of sp³-hybridized carbons (Fsp3) is 0.130. The summed E-state index contributed by atoms with van der Waals surface area (Å²) >= 11 is 0. The third kappa shape index (κ3) is 7.22. The van der Waals surface area contributed by atoms with Gasteiger partial charge in [0.1, 0.15) is 18.9 Å². The molecule has 2 N–H and O–H groups in total. The van der Waals surface area contributed by atoms with E-state index in [1.165, 1.54) is 30.5 Å². The molecule has 0 aliphatic carbocycles. The molecule has 2 aromatic carbocycles. The Morgan fingerprint density at radius 2 is 1.72 bits per heavy atom. The lowest BCUT2D eigenvalue weighted by Gasteiger charge is -2.06. The Labute approximate surface area is 186 Å². The average molecular weight is 455 g/mol. The van der Waals surface area contributed by atoms with Crippen molar-refractivity contribution in [2.45, 2.75) is 18.0 Å². The summed E-state index contributed by atoms with van der Waals surface area (Å²) in [6.07, 6.45) is 4.23. The number of carbonyl (C=O) groups excluding carboxylic acids is 2. The topological polar surface area (TPSA) is 115 Å². The Bertz CT molecular complexity index is 1150. The van der Waals surface area contributed by atoms with Crippen LogP contribution in [-0.2, 0) is 37.5 Å². The standard InChI is InChI=1S/C23H22N2O6S/c26-22(24-16-23(27)31-17-19-5-2-1-3-6-19)13-10-18-8-11-21(12-9-18)32(28,29)25-15-20-7-4-14-30-20/h1-14,25H,15-17H2,(H,24,26)/b13-10+. The first kappa shape index (κ1) is 23.0. The van der Waals surface area contributed by atoms with Crippen LogP contribution in [0.4, 0.5) is 0 Å². The number of hydrogen-bond acceptors (Lipinski definition) is 6. The monoisotopic (exact) mass is 454 g/mol. The fourth-order valence-corrected chi connectivity index (χ4v) is 3.59. The lowest BCUT2D eigenvalue weighted by atomic mass is 10.2. The molecule has 0 fully saturated rings. The number of hydrogen-bond donors (Lipinski definition) is 2. The average Bonchev–Trinajstić information content (AvgIpc) is 3.34. The summed E-state index contributed by atoms with van der Waals surface area (Å²) in [5.41, 5.74) is 1.48. The van der Waals surface area contributed by atoms with Crippen LogP contribution in [0.15, 0.2) is 88.4 Å². The molecule has 1 aromatic heterocycles. The summed E-state index contributed by atoms with van der Waals surface area (Å²) in [7, 11) is -3.69. The van der Waals surface area contributed by atoms with Gasteiger partial charge in [-0.1, -0.05) is 42.5 Å². The van der Waals surface area contributed by atoms with Crippen molar-refractivity contribution >= 4 is 28.0 Å². The molecule has 0 radical (unpaired) electrons. The number of benzene rings is 2. The summed E-state index contributed by atoms with van der Waals surface area (Å²) in [4.78, 5) is 23.7. The van der Waals surface area contributed by atoms with Gasteiger partial charge in [-0.05, 0) is 41.5 Å². The number of furan rings is 1. The first-order valence-corrected chi connectivity index (χ1v) is 11.2. The molecule has 32 heavy (non-hydrogen) atoms. The number of ether oxygens (including phenoxy) is 1. The maximum Gasteiger partial charge on any atom is 0.325 e. The van der Waals surface area contributed by atoms with E-state index in [1.54, 1.807) is 24.3 Å². The first-order chi connectivity index (χ1) is 15.4. The molecule has 1 amide bonds. The normalized spacial score (nSPS) is 11.4. The Balaban J connectivity index is 1.44. The number of amides is 1. The van der Waals surface area contributed by atoms with Crippen LogP contribution in [0.1, 0.15) is 16.9 Å². The second kappa shape index (κ2) is 11.1. The molecule has 0 spiro atoms.